The number of rotatable bonds is 10. The van der Waals surface area contributed by atoms with Crippen molar-refractivity contribution in [2.24, 2.45) is 0 Å². The lowest BCUT2D eigenvalue weighted by Crippen LogP contribution is -2.37. The van der Waals surface area contributed by atoms with Gasteiger partial charge < -0.3 is 19.5 Å². The summed E-state index contributed by atoms with van der Waals surface area (Å²) in [5.41, 5.74) is 2.11. The first-order valence-corrected chi connectivity index (χ1v) is 11.3. The minimum absolute atomic E-state index is 0.264. The van der Waals surface area contributed by atoms with Crippen LogP contribution in [0, 0.1) is 0 Å². The fourth-order valence-corrected chi connectivity index (χ4v) is 4.02. The molecule has 1 N–H and O–H groups in total. The van der Waals surface area contributed by atoms with E-state index >= 15 is 0 Å². The highest BCUT2D eigenvalue weighted by Gasteiger charge is 2.15. The molecule has 170 valence electrons. The highest BCUT2D eigenvalue weighted by molar-refractivity contribution is 5.43. The predicted molar refractivity (Wildman–Crippen MR) is 121 cm³/mol. The molecule has 1 fully saturated rings. The molecule has 1 aromatic carbocycles. The smallest absolute Gasteiger partial charge is 0.161 e. The lowest BCUT2D eigenvalue weighted by Gasteiger charge is -2.26. The van der Waals surface area contributed by atoms with Gasteiger partial charge in [-0.3, -0.25) is 4.90 Å². The lowest BCUT2D eigenvalue weighted by molar-refractivity contribution is 0.0645. The van der Waals surface area contributed by atoms with Gasteiger partial charge in [0.15, 0.2) is 11.5 Å². The molecule has 2 aromatic rings. The monoisotopic (exact) mass is 428 g/mol. The number of nitrogens with zero attached hydrogens (tertiary/aromatic N) is 4. The van der Waals surface area contributed by atoms with Crippen molar-refractivity contribution in [2.45, 2.75) is 51.3 Å². The molecule has 1 aromatic heterocycles. The van der Waals surface area contributed by atoms with E-state index < -0.39 is 6.10 Å². The fourth-order valence-electron chi connectivity index (χ4n) is 4.02. The van der Waals surface area contributed by atoms with Crippen molar-refractivity contribution < 1.29 is 14.6 Å². The third-order valence-corrected chi connectivity index (χ3v) is 5.60. The van der Waals surface area contributed by atoms with Gasteiger partial charge in [0.25, 0.3) is 0 Å². The first-order chi connectivity index (χ1) is 15.1. The Hall–Kier alpha value is -2.22. The molecular weight excluding hydrogens is 392 g/mol. The van der Waals surface area contributed by atoms with Crippen LogP contribution in [-0.2, 0) is 13.1 Å². The van der Waals surface area contributed by atoms with E-state index in [1.54, 1.807) is 19.6 Å². The number of aliphatic hydroxyl groups excluding tert-OH is 1. The molecule has 1 aliphatic heterocycles. The maximum Gasteiger partial charge on any atom is 0.161 e. The van der Waals surface area contributed by atoms with E-state index in [9.17, 15) is 5.11 Å². The average molecular weight is 429 g/mol. The zero-order valence-corrected chi connectivity index (χ0v) is 18.9. The molecule has 0 amide bonds. The quantitative estimate of drug-likeness (QED) is 0.623. The van der Waals surface area contributed by atoms with Gasteiger partial charge in [-0.1, -0.05) is 25.3 Å². The Bertz CT molecular complexity index is 767. The molecule has 2 heterocycles. The van der Waals surface area contributed by atoms with Gasteiger partial charge in [0.2, 0.25) is 0 Å². The van der Waals surface area contributed by atoms with Crippen LogP contribution < -0.4 is 9.47 Å². The molecule has 1 atom stereocenters. The maximum absolute atomic E-state index is 10.5. The van der Waals surface area contributed by atoms with Crippen LogP contribution in [0.2, 0.25) is 0 Å². The zero-order chi connectivity index (χ0) is 21.9. The zero-order valence-electron chi connectivity index (χ0n) is 18.9. The third kappa shape index (κ3) is 8.09. The molecule has 1 unspecified atom stereocenters. The number of ether oxygens (including phenoxy) is 2. The summed E-state index contributed by atoms with van der Waals surface area (Å²) >= 11 is 0. The van der Waals surface area contributed by atoms with Crippen LogP contribution >= 0.6 is 0 Å². The first kappa shape index (κ1) is 23.4. The Balaban J connectivity index is 1.49. The molecule has 0 radical (unpaired) electrons. The van der Waals surface area contributed by atoms with Gasteiger partial charge in [0.05, 0.1) is 12.8 Å². The minimum Gasteiger partial charge on any atom is -0.493 e. The Kier molecular flexibility index (Phi) is 9.52. The molecule has 0 saturated carbocycles. The molecule has 7 nitrogen and oxygen atoms in total. The van der Waals surface area contributed by atoms with Crippen LogP contribution in [-0.4, -0.2) is 71.4 Å². The predicted octanol–water partition coefficient (Wildman–Crippen LogP) is 3.12. The summed E-state index contributed by atoms with van der Waals surface area (Å²) in [6, 6.07) is 7.89. The van der Waals surface area contributed by atoms with Gasteiger partial charge >= 0.3 is 0 Å². The van der Waals surface area contributed by atoms with E-state index in [4.69, 9.17) is 9.47 Å². The standard InChI is InChI=1S/C24H36N4O3/c1-27(16-21-10-11-25-19-26-21)15-20-8-9-23(24(14-20)30-2)31-18-22(29)17-28-12-6-4-3-5-7-13-28/h8-11,14,19,22,29H,3-7,12-13,15-18H2,1-2H3. The van der Waals surface area contributed by atoms with E-state index in [1.807, 2.05) is 24.3 Å². The molecule has 0 aliphatic carbocycles. The number of aliphatic hydroxyl groups is 1. The molecule has 7 heteroatoms. The summed E-state index contributed by atoms with van der Waals surface area (Å²) in [6.45, 7) is 4.56. The second kappa shape index (κ2) is 12.6. The molecule has 0 spiro atoms. The van der Waals surface area contributed by atoms with Crippen molar-refractivity contribution in [3.63, 3.8) is 0 Å². The number of hydrogen-bond donors (Lipinski definition) is 1. The topological polar surface area (TPSA) is 71.0 Å². The molecule has 1 aliphatic rings. The van der Waals surface area contributed by atoms with Crippen LogP contribution in [0.15, 0.2) is 36.8 Å². The van der Waals surface area contributed by atoms with Crippen molar-refractivity contribution in [3.05, 3.63) is 48.0 Å². The third-order valence-electron chi connectivity index (χ3n) is 5.60. The highest BCUT2D eigenvalue weighted by atomic mass is 16.5. The Morgan fingerprint density at radius 1 is 1.06 bits per heavy atom. The van der Waals surface area contributed by atoms with Crippen molar-refractivity contribution in [3.8, 4) is 11.5 Å². The van der Waals surface area contributed by atoms with E-state index in [-0.39, 0.29) is 6.61 Å². The van der Waals surface area contributed by atoms with Crippen molar-refractivity contribution in [2.75, 3.05) is 40.4 Å². The number of β-amino-alcohol motifs (C(OH)–C–C–N with tert-alkyl or cyclic N) is 1. The number of likely N-dealkylation sites (tertiary alicyclic amines) is 1. The van der Waals surface area contributed by atoms with Gasteiger partial charge in [-0.15, -0.1) is 0 Å². The first-order valence-electron chi connectivity index (χ1n) is 11.3. The molecule has 1 saturated heterocycles. The Morgan fingerprint density at radius 3 is 2.55 bits per heavy atom. The Morgan fingerprint density at radius 2 is 1.84 bits per heavy atom. The van der Waals surface area contributed by atoms with Crippen molar-refractivity contribution in [1.29, 1.82) is 0 Å². The van der Waals surface area contributed by atoms with Crippen LogP contribution in [0.25, 0.3) is 0 Å². The Labute approximate surface area is 186 Å². The SMILES string of the molecule is COc1cc(CN(C)Cc2ccncn2)ccc1OCC(O)CN1CCCCCCC1. The normalized spacial score (nSPS) is 16.5. The second-order valence-corrected chi connectivity index (χ2v) is 8.39. The summed E-state index contributed by atoms with van der Waals surface area (Å²) in [5.74, 6) is 1.35. The number of benzene rings is 1. The maximum atomic E-state index is 10.5. The van der Waals surface area contributed by atoms with Crippen LogP contribution in [0.1, 0.15) is 43.4 Å². The average Bonchev–Trinajstić information content (AvgIpc) is 2.75. The fraction of sp³-hybridized carbons (Fsp3) is 0.583. The largest absolute Gasteiger partial charge is 0.493 e. The number of methoxy groups -OCH3 is 1. The molecule has 0 bridgehead atoms. The molecular formula is C24H36N4O3. The van der Waals surface area contributed by atoms with E-state index in [1.165, 1.54) is 32.1 Å². The van der Waals surface area contributed by atoms with Gasteiger partial charge in [-0.25, -0.2) is 9.97 Å². The van der Waals surface area contributed by atoms with Crippen LogP contribution in [0.5, 0.6) is 11.5 Å². The van der Waals surface area contributed by atoms with Crippen LogP contribution in [0.4, 0.5) is 0 Å². The molecule has 31 heavy (non-hydrogen) atoms. The minimum atomic E-state index is -0.511. The highest BCUT2D eigenvalue weighted by Crippen LogP contribution is 2.29. The van der Waals surface area contributed by atoms with Crippen molar-refractivity contribution >= 4 is 0 Å². The summed E-state index contributed by atoms with van der Waals surface area (Å²) in [4.78, 5) is 12.8. The summed E-state index contributed by atoms with van der Waals surface area (Å²) < 4.78 is 11.5. The van der Waals surface area contributed by atoms with Gasteiger partial charge in [-0.2, -0.15) is 0 Å². The summed E-state index contributed by atoms with van der Waals surface area (Å²) in [7, 11) is 3.70. The van der Waals surface area contributed by atoms with Gasteiger partial charge in [0.1, 0.15) is 19.0 Å². The molecule has 3 rings (SSSR count). The van der Waals surface area contributed by atoms with Gasteiger partial charge in [-0.05, 0) is 56.7 Å². The van der Waals surface area contributed by atoms with Crippen LogP contribution in [0.3, 0.4) is 0 Å². The van der Waals surface area contributed by atoms with Crippen molar-refractivity contribution in [1.82, 2.24) is 19.8 Å². The van der Waals surface area contributed by atoms with E-state index in [0.717, 1.165) is 37.4 Å². The second-order valence-electron chi connectivity index (χ2n) is 8.39. The summed E-state index contributed by atoms with van der Waals surface area (Å²) in [6.07, 6.45) is 9.17. The van der Waals surface area contributed by atoms with Gasteiger partial charge in [0, 0.05) is 25.8 Å². The van der Waals surface area contributed by atoms with E-state index in [0.29, 0.717) is 18.0 Å². The lowest BCUT2D eigenvalue weighted by atomic mass is 10.1. The number of hydrogen-bond acceptors (Lipinski definition) is 7. The van der Waals surface area contributed by atoms with E-state index in [2.05, 4.69) is 26.8 Å². The summed E-state index contributed by atoms with van der Waals surface area (Å²) in [5, 5.41) is 10.5. The number of aromatic nitrogens is 2.